The van der Waals surface area contributed by atoms with E-state index in [1.165, 1.54) is 0 Å². The first-order chi connectivity index (χ1) is 26.2. The number of carbonyl (C=O) groups is 3. The van der Waals surface area contributed by atoms with Gasteiger partial charge < -0.3 is 39.4 Å². The molecule has 0 bridgehead atoms. The number of aliphatic hydroxyl groups is 4. The lowest BCUT2D eigenvalue weighted by Crippen LogP contribution is -2.59. The lowest BCUT2D eigenvalue weighted by atomic mass is 9.87. The molecule has 0 amide bonds. The van der Waals surface area contributed by atoms with Crippen molar-refractivity contribution < 1.29 is 53.8 Å². The number of ketones is 1. The van der Waals surface area contributed by atoms with Crippen molar-refractivity contribution in [3.63, 3.8) is 0 Å². The molecule has 11 heteroatoms. The minimum absolute atomic E-state index is 0.0573. The molecule has 0 radical (unpaired) electrons. The number of hydrogen-bond donors (Lipinski definition) is 4. The smallest absolute Gasteiger partial charge is 0.306 e. The predicted octanol–water partition coefficient (Wildman–Crippen LogP) is 6.53. The Labute approximate surface area is 323 Å². The summed E-state index contributed by atoms with van der Waals surface area (Å²) in [6.07, 6.45) is 26.4. The number of esters is 2. The van der Waals surface area contributed by atoms with Crippen LogP contribution in [0.1, 0.15) is 123 Å². The van der Waals surface area contributed by atoms with Crippen molar-refractivity contribution in [1.29, 1.82) is 0 Å². The third-order valence-electron chi connectivity index (χ3n) is 9.66. The summed E-state index contributed by atoms with van der Waals surface area (Å²) in [5.74, 6) is -0.335. The molecule has 0 saturated carbocycles. The van der Waals surface area contributed by atoms with Crippen LogP contribution < -0.4 is 0 Å². The molecule has 1 aliphatic heterocycles. The van der Waals surface area contributed by atoms with Gasteiger partial charge in [-0.05, 0) is 76.2 Å². The summed E-state index contributed by atoms with van der Waals surface area (Å²) in [6, 6.07) is 0. The maximum atomic E-state index is 12.7. The predicted molar refractivity (Wildman–Crippen MR) is 208 cm³/mol. The highest BCUT2D eigenvalue weighted by molar-refractivity contribution is 5.94. The minimum atomic E-state index is -1.62. The Balaban J connectivity index is 1.73. The first kappa shape index (κ1) is 47.2. The van der Waals surface area contributed by atoms with E-state index < -0.39 is 55.4 Å². The molecule has 306 valence electrons. The minimum Gasteiger partial charge on any atom is -0.462 e. The van der Waals surface area contributed by atoms with Gasteiger partial charge >= 0.3 is 11.9 Å². The monoisotopic (exact) mass is 760 g/mol. The molecule has 0 unspecified atom stereocenters. The van der Waals surface area contributed by atoms with Gasteiger partial charge in [-0.3, -0.25) is 14.4 Å². The van der Waals surface area contributed by atoms with E-state index in [-0.39, 0.29) is 37.8 Å². The van der Waals surface area contributed by atoms with Crippen LogP contribution in [-0.2, 0) is 33.3 Å². The Bertz CT molecular complexity index is 1190. The highest BCUT2D eigenvalue weighted by Gasteiger charge is 2.44. The standard InChI is InChI=1S/C43H68O11/c1-3-5-7-8-9-10-11-12-13-14-15-18-23-27-39(47)53-34(32-52-43-42(50)41(49)40(48)37(30-44)54-43)31-51-38(46)26-22-19-16-17-21-24-33-28-29-36(45)35(33)25-20-6-4-2/h5-7,9-10,12-13,20,28-29,33-35,37,40-44,48-50H,3-4,8,11,14-19,21-27,30-32H2,1-2H3/b7-5-,10-9-,13-12-,20-6-/t33-,34-,35-,37+,40-,41-,42+,43+/m0/s1. The topological polar surface area (TPSA) is 169 Å². The highest BCUT2D eigenvalue weighted by atomic mass is 16.7. The van der Waals surface area contributed by atoms with E-state index in [1.807, 2.05) is 0 Å². The molecule has 8 atom stereocenters. The van der Waals surface area contributed by atoms with Crippen LogP contribution in [0.15, 0.2) is 60.8 Å². The van der Waals surface area contributed by atoms with E-state index in [4.69, 9.17) is 18.9 Å². The van der Waals surface area contributed by atoms with Crippen molar-refractivity contribution in [2.24, 2.45) is 11.8 Å². The number of aliphatic hydroxyl groups excluding tert-OH is 4. The average Bonchev–Trinajstić information content (AvgIpc) is 3.52. The van der Waals surface area contributed by atoms with Gasteiger partial charge in [0.05, 0.1) is 13.2 Å². The van der Waals surface area contributed by atoms with E-state index in [0.717, 1.165) is 83.5 Å². The second-order valence-corrected chi connectivity index (χ2v) is 14.2. The molecule has 54 heavy (non-hydrogen) atoms. The van der Waals surface area contributed by atoms with Crippen LogP contribution in [-0.4, -0.2) is 94.8 Å². The summed E-state index contributed by atoms with van der Waals surface area (Å²) >= 11 is 0. The molecule has 1 heterocycles. The van der Waals surface area contributed by atoms with Crippen LogP contribution in [0.4, 0.5) is 0 Å². The molecule has 1 saturated heterocycles. The van der Waals surface area contributed by atoms with Crippen molar-refractivity contribution >= 4 is 17.7 Å². The number of hydrogen-bond acceptors (Lipinski definition) is 11. The van der Waals surface area contributed by atoms with E-state index in [9.17, 15) is 34.8 Å². The first-order valence-electron chi connectivity index (χ1n) is 20.3. The molecule has 2 aliphatic rings. The van der Waals surface area contributed by atoms with Gasteiger partial charge in [0.25, 0.3) is 0 Å². The van der Waals surface area contributed by atoms with Crippen LogP contribution >= 0.6 is 0 Å². The Morgan fingerprint density at radius 1 is 0.759 bits per heavy atom. The van der Waals surface area contributed by atoms with E-state index in [0.29, 0.717) is 18.8 Å². The van der Waals surface area contributed by atoms with E-state index in [2.05, 4.69) is 68.5 Å². The molecule has 1 aliphatic carbocycles. The van der Waals surface area contributed by atoms with E-state index in [1.54, 1.807) is 6.08 Å². The third kappa shape index (κ3) is 19.6. The van der Waals surface area contributed by atoms with Crippen molar-refractivity contribution in [3.8, 4) is 0 Å². The second-order valence-electron chi connectivity index (χ2n) is 14.2. The number of carbonyl (C=O) groups excluding carboxylic acids is 3. The van der Waals surface area contributed by atoms with Gasteiger partial charge in [0, 0.05) is 18.8 Å². The maximum absolute atomic E-state index is 12.7. The fraction of sp³-hybridized carbons (Fsp3) is 0.698. The fourth-order valence-corrected chi connectivity index (χ4v) is 6.43. The zero-order chi connectivity index (χ0) is 39.4. The van der Waals surface area contributed by atoms with Crippen LogP contribution in [0.5, 0.6) is 0 Å². The molecule has 1 fully saturated rings. The zero-order valence-electron chi connectivity index (χ0n) is 32.7. The van der Waals surface area contributed by atoms with Crippen molar-refractivity contribution in [3.05, 3.63) is 60.8 Å². The summed E-state index contributed by atoms with van der Waals surface area (Å²) < 4.78 is 22.0. The molecule has 0 aromatic rings. The van der Waals surface area contributed by atoms with Gasteiger partial charge in [-0.1, -0.05) is 101 Å². The third-order valence-corrected chi connectivity index (χ3v) is 9.66. The van der Waals surface area contributed by atoms with Crippen LogP contribution in [0.25, 0.3) is 0 Å². The average molecular weight is 761 g/mol. The second kappa shape index (κ2) is 29.4. The fourth-order valence-electron chi connectivity index (χ4n) is 6.43. The van der Waals surface area contributed by atoms with Crippen LogP contribution in [0, 0.1) is 11.8 Å². The van der Waals surface area contributed by atoms with Gasteiger partial charge in [0.1, 0.15) is 31.0 Å². The molecule has 11 nitrogen and oxygen atoms in total. The van der Waals surface area contributed by atoms with Gasteiger partial charge in [-0.15, -0.1) is 0 Å². The lowest BCUT2D eigenvalue weighted by Gasteiger charge is -2.39. The molecule has 0 aromatic carbocycles. The first-order valence-corrected chi connectivity index (χ1v) is 20.3. The van der Waals surface area contributed by atoms with E-state index >= 15 is 0 Å². The molecule has 0 spiro atoms. The summed E-state index contributed by atoms with van der Waals surface area (Å²) in [7, 11) is 0. The Morgan fingerprint density at radius 2 is 1.39 bits per heavy atom. The molecule has 2 rings (SSSR count). The quantitative estimate of drug-likeness (QED) is 0.0372. The summed E-state index contributed by atoms with van der Waals surface area (Å²) in [5, 5.41) is 40.0. The van der Waals surface area contributed by atoms with Crippen molar-refractivity contribution in [1.82, 2.24) is 0 Å². The molecule has 0 aromatic heterocycles. The summed E-state index contributed by atoms with van der Waals surface area (Å²) in [6.45, 7) is 3.01. The largest absolute Gasteiger partial charge is 0.462 e. The Hall–Kier alpha value is -2.93. The van der Waals surface area contributed by atoms with Crippen LogP contribution in [0.2, 0.25) is 0 Å². The molecular weight excluding hydrogens is 692 g/mol. The SMILES string of the molecule is CC/C=C\C/C=C\C/C=C\CCCCCC(=O)O[C@@H](COC(=O)CCCCCCC[C@H]1C=CC(=O)[C@H]1C/C=C\CC)CO[C@@H]1O[C@H](CO)[C@H](O)[C@H](O)[C@H]1O. The van der Waals surface area contributed by atoms with Gasteiger partial charge in [0.2, 0.25) is 0 Å². The van der Waals surface area contributed by atoms with Gasteiger partial charge in [-0.2, -0.15) is 0 Å². The summed E-state index contributed by atoms with van der Waals surface area (Å²) in [5.41, 5.74) is 0. The Morgan fingerprint density at radius 3 is 2.11 bits per heavy atom. The molecule has 4 N–H and O–H groups in total. The van der Waals surface area contributed by atoms with Crippen molar-refractivity contribution in [2.75, 3.05) is 19.8 Å². The summed E-state index contributed by atoms with van der Waals surface area (Å²) in [4.78, 5) is 37.5. The highest BCUT2D eigenvalue weighted by Crippen LogP contribution is 2.30. The van der Waals surface area contributed by atoms with Gasteiger partial charge in [0.15, 0.2) is 18.2 Å². The van der Waals surface area contributed by atoms with Gasteiger partial charge in [-0.25, -0.2) is 0 Å². The zero-order valence-corrected chi connectivity index (χ0v) is 32.7. The Kier molecular flexibility index (Phi) is 25.7. The van der Waals surface area contributed by atoms with Crippen molar-refractivity contribution in [2.45, 2.75) is 160 Å². The van der Waals surface area contributed by atoms with Crippen LogP contribution in [0.3, 0.4) is 0 Å². The number of unbranched alkanes of at least 4 members (excludes halogenated alkanes) is 7. The molecular formula is C43H68O11. The maximum Gasteiger partial charge on any atom is 0.306 e. The number of allylic oxidation sites excluding steroid dienone is 10. The number of rotatable bonds is 29. The number of ether oxygens (including phenoxy) is 4. The normalized spacial score (nSPS) is 25.1. The lowest BCUT2D eigenvalue weighted by molar-refractivity contribution is -0.305.